The third-order valence-electron chi connectivity index (χ3n) is 8.00. The highest BCUT2D eigenvalue weighted by molar-refractivity contribution is 7.93. The predicted molar refractivity (Wildman–Crippen MR) is 154 cm³/mol. The van der Waals surface area contributed by atoms with E-state index in [1.54, 1.807) is 37.3 Å². The average molecular weight is 583 g/mol. The van der Waals surface area contributed by atoms with Crippen molar-refractivity contribution in [3.63, 3.8) is 0 Å². The Balaban J connectivity index is 1.62. The minimum Gasteiger partial charge on any atom is -0.496 e. The van der Waals surface area contributed by atoms with Gasteiger partial charge in [0.1, 0.15) is 22.7 Å². The maximum Gasteiger partial charge on any atom is 0.272 e. The number of aryl methyl sites for hydroxylation is 1. The lowest BCUT2D eigenvalue weighted by molar-refractivity contribution is -0.121. The predicted octanol–water partition coefficient (Wildman–Crippen LogP) is 3.64. The molecule has 1 aromatic heterocycles. The molecule has 5 rings (SSSR count). The number of sulfonamides is 1. The number of benzene rings is 2. The van der Waals surface area contributed by atoms with E-state index in [9.17, 15) is 13.2 Å². The molecule has 2 aliphatic rings. The number of ether oxygens (including phenoxy) is 2. The van der Waals surface area contributed by atoms with Gasteiger partial charge in [-0.2, -0.15) is 4.31 Å². The molecule has 0 saturated carbocycles. The molecule has 218 valence electrons. The molecule has 1 saturated heterocycles. The number of piperazine rings is 1. The molecule has 0 spiro atoms. The van der Waals surface area contributed by atoms with Crippen LogP contribution in [0.5, 0.6) is 11.5 Å². The van der Waals surface area contributed by atoms with Gasteiger partial charge in [-0.05, 0) is 62.2 Å². The normalized spacial score (nSPS) is 19.3. The number of pyridine rings is 1. The molecule has 2 aromatic carbocycles. The van der Waals surface area contributed by atoms with E-state index in [0.717, 1.165) is 43.4 Å². The summed E-state index contributed by atoms with van der Waals surface area (Å²) in [5, 5.41) is 3.34. The van der Waals surface area contributed by atoms with Crippen molar-refractivity contribution in [1.82, 2.24) is 15.2 Å². The molecule has 2 aliphatic heterocycles. The fourth-order valence-electron chi connectivity index (χ4n) is 5.85. The third kappa shape index (κ3) is 5.18. The van der Waals surface area contributed by atoms with Gasteiger partial charge in [-0.3, -0.25) is 4.79 Å². The lowest BCUT2D eigenvalue weighted by atomic mass is 9.72. The summed E-state index contributed by atoms with van der Waals surface area (Å²) in [5.74, 6) is -0.525. The van der Waals surface area contributed by atoms with E-state index in [2.05, 4.69) is 15.2 Å². The van der Waals surface area contributed by atoms with Crippen LogP contribution in [0, 0.1) is 12.7 Å². The summed E-state index contributed by atoms with van der Waals surface area (Å²) in [6, 6.07) is 12.1. The molecule has 1 amide bonds. The van der Waals surface area contributed by atoms with Gasteiger partial charge in [0, 0.05) is 37.3 Å². The van der Waals surface area contributed by atoms with Crippen molar-refractivity contribution < 1.29 is 27.1 Å². The Bertz CT molecular complexity index is 1540. The van der Waals surface area contributed by atoms with E-state index in [0.29, 0.717) is 29.0 Å². The first-order valence-electron chi connectivity index (χ1n) is 13.7. The molecule has 1 atom stereocenters. The van der Waals surface area contributed by atoms with E-state index in [1.807, 2.05) is 0 Å². The van der Waals surface area contributed by atoms with Crippen LogP contribution in [0.2, 0.25) is 0 Å². The Hall–Kier alpha value is -3.54. The van der Waals surface area contributed by atoms with Gasteiger partial charge in [0.15, 0.2) is 5.82 Å². The highest BCUT2D eigenvalue weighted by Crippen LogP contribution is 2.51. The quantitative estimate of drug-likeness (QED) is 0.362. The number of halogens is 1. The Morgan fingerprint density at radius 1 is 1.02 bits per heavy atom. The molecule has 3 aromatic rings. The molecule has 0 aliphatic carbocycles. The minimum absolute atomic E-state index is 0.0466. The number of amides is 1. The summed E-state index contributed by atoms with van der Waals surface area (Å²) in [5.41, 5.74) is -0.591. The van der Waals surface area contributed by atoms with Crippen molar-refractivity contribution in [1.29, 1.82) is 0 Å². The van der Waals surface area contributed by atoms with E-state index in [-0.39, 0.29) is 22.7 Å². The van der Waals surface area contributed by atoms with Crippen molar-refractivity contribution in [2.24, 2.45) is 0 Å². The van der Waals surface area contributed by atoms with Gasteiger partial charge in [-0.15, -0.1) is 0 Å². The number of unbranched alkanes of at least 4 members (excludes halogenated alkanes) is 1. The third-order valence-corrected chi connectivity index (χ3v) is 9.67. The highest BCUT2D eigenvalue weighted by atomic mass is 32.2. The van der Waals surface area contributed by atoms with Gasteiger partial charge < -0.3 is 19.7 Å². The number of carbonyl (C=O) groups excluding carboxylic acids is 1. The Morgan fingerprint density at radius 3 is 2.46 bits per heavy atom. The van der Waals surface area contributed by atoms with Gasteiger partial charge in [0.05, 0.1) is 25.3 Å². The van der Waals surface area contributed by atoms with Gasteiger partial charge in [0.25, 0.3) is 15.9 Å². The first-order chi connectivity index (χ1) is 19.7. The van der Waals surface area contributed by atoms with Gasteiger partial charge >= 0.3 is 0 Å². The Morgan fingerprint density at radius 2 is 1.78 bits per heavy atom. The summed E-state index contributed by atoms with van der Waals surface area (Å²) in [7, 11) is -1.46. The number of rotatable bonds is 10. The molecule has 1 unspecified atom stereocenters. The summed E-state index contributed by atoms with van der Waals surface area (Å²) in [6.45, 7) is 6.29. The van der Waals surface area contributed by atoms with E-state index in [1.165, 1.54) is 38.6 Å². The van der Waals surface area contributed by atoms with Crippen LogP contribution in [-0.2, 0) is 20.2 Å². The second kappa shape index (κ2) is 11.8. The summed E-state index contributed by atoms with van der Waals surface area (Å²) in [6.07, 6.45) is 2.90. The number of aromatic nitrogens is 1. The van der Waals surface area contributed by atoms with Crippen LogP contribution in [0.25, 0.3) is 0 Å². The van der Waals surface area contributed by atoms with Gasteiger partial charge in [0.2, 0.25) is 0 Å². The zero-order valence-electron chi connectivity index (χ0n) is 23.5. The fourth-order valence-corrected chi connectivity index (χ4v) is 7.38. The lowest BCUT2D eigenvalue weighted by Crippen LogP contribution is -2.45. The number of hydrogen-bond donors (Lipinski definition) is 1. The number of fused-ring (bicyclic) bond motifs is 1. The zero-order valence-corrected chi connectivity index (χ0v) is 24.3. The first-order valence-corrected chi connectivity index (χ1v) is 15.1. The molecule has 41 heavy (non-hydrogen) atoms. The number of anilines is 1. The van der Waals surface area contributed by atoms with Crippen LogP contribution in [0.4, 0.5) is 10.2 Å². The molecule has 1 N–H and O–H groups in total. The summed E-state index contributed by atoms with van der Waals surface area (Å²) >= 11 is 0. The fraction of sp³-hybridized carbons (Fsp3) is 0.400. The topological polar surface area (TPSA) is 101 Å². The van der Waals surface area contributed by atoms with Crippen molar-refractivity contribution in [2.45, 2.75) is 36.5 Å². The molecule has 11 heteroatoms. The van der Waals surface area contributed by atoms with Crippen molar-refractivity contribution in [3.05, 3.63) is 77.2 Å². The SMILES string of the molecule is COc1cnc2c(c1)C(CCCCN1CCNCC1)(c1ccccc1F)C(=O)N2S(=O)(=O)c1ccc(OC)c(C)c1. The minimum atomic E-state index is -4.42. The molecule has 9 nitrogen and oxygen atoms in total. The summed E-state index contributed by atoms with van der Waals surface area (Å²) in [4.78, 5) is 21.3. The largest absolute Gasteiger partial charge is 0.496 e. The molecule has 1 fully saturated rings. The van der Waals surface area contributed by atoms with Gasteiger partial charge in [-0.1, -0.05) is 24.6 Å². The van der Waals surface area contributed by atoms with Crippen LogP contribution in [-0.4, -0.2) is 71.2 Å². The maximum atomic E-state index is 15.6. The number of carbonyl (C=O) groups is 1. The average Bonchev–Trinajstić information content (AvgIpc) is 3.23. The lowest BCUT2D eigenvalue weighted by Gasteiger charge is -2.31. The maximum absolute atomic E-state index is 15.6. The van der Waals surface area contributed by atoms with Crippen molar-refractivity contribution in [3.8, 4) is 11.5 Å². The van der Waals surface area contributed by atoms with Crippen LogP contribution in [0.1, 0.15) is 36.0 Å². The molecular formula is C30H35FN4O5S. The number of hydrogen-bond acceptors (Lipinski definition) is 8. The van der Waals surface area contributed by atoms with Gasteiger partial charge in [-0.25, -0.2) is 17.8 Å². The first kappa shape index (κ1) is 29.0. The van der Waals surface area contributed by atoms with Crippen LogP contribution in [0.3, 0.4) is 0 Å². The monoisotopic (exact) mass is 582 g/mol. The molecule has 3 heterocycles. The Kier molecular flexibility index (Phi) is 8.30. The zero-order chi connectivity index (χ0) is 29.2. The number of nitrogens with one attached hydrogen (secondary N) is 1. The van der Waals surface area contributed by atoms with Crippen LogP contribution >= 0.6 is 0 Å². The smallest absolute Gasteiger partial charge is 0.272 e. The molecule has 0 radical (unpaired) electrons. The van der Waals surface area contributed by atoms with Crippen LogP contribution < -0.4 is 19.1 Å². The standard InChI is InChI=1S/C30H35FN4O5S/c1-21-18-23(10-11-27(21)40-3)41(37,38)35-28-25(19-22(39-2)20-33-28)30(29(35)36,24-8-4-5-9-26(24)31)12-6-7-15-34-16-13-32-14-17-34/h4-5,8-11,18-20,32H,6-7,12-17H2,1-3H3. The van der Waals surface area contributed by atoms with Crippen LogP contribution in [0.15, 0.2) is 59.6 Å². The number of methoxy groups -OCH3 is 2. The van der Waals surface area contributed by atoms with Crippen molar-refractivity contribution >= 4 is 21.7 Å². The summed E-state index contributed by atoms with van der Waals surface area (Å²) < 4.78 is 55.4. The second-order valence-electron chi connectivity index (χ2n) is 10.4. The van der Waals surface area contributed by atoms with E-state index >= 15 is 4.39 Å². The van der Waals surface area contributed by atoms with Crippen molar-refractivity contribution in [2.75, 3.05) is 51.2 Å². The van der Waals surface area contributed by atoms with E-state index in [4.69, 9.17) is 9.47 Å². The molecule has 0 bridgehead atoms. The Labute approximate surface area is 240 Å². The van der Waals surface area contributed by atoms with E-state index < -0.39 is 27.2 Å². The number of nitrogens with zero attached hydrogens (tertiary/aromatic N) is 3. The second-order valence-corrected chi connectivity index (χ2v) is 12.2. The highest BCUT2D eigenvalue weighted by Gasteiger charge is 2.57. The molecular weight excluding hydrogens is 547 g/mol.